The molecule has 2 heterocycles. The number of fused-ring (bicyclic) bond motifs is 1. The molecule has 1 aliphatic heterocycles. The molecule has 1 unspecified atom stereocenters. The maximum atomic E-state index is 13.5. The summed E-state index contributed by atoms with van der Waals surface area (Å²) in [5.41, 5.74) is 1.08. The Morgan fingerprint density at radius 3 is 2.17 bits per heavy atom. The number of halogens is 1. The highest BCUT2D eigenvalue weighted by Gasteiger charge is 2.40. The van der Waals surface area contributed by atoms with E-state index in [1.165, 1.54) is 22.7 Å². The van der Waals surface area contributed by atoms with Crippen molar-refractivity contribution in [1.82, 2.24) is 9.13 Å². The van der Waals surface area contributed by atoms with Crippen molar-refractivity contribution in [2.45, 2.75) is 6.17 Å². The van der Waals surface area contributed by atoms with Crippen LogP contribution in [0.3, 0.4) is 0 Å². The summed E-state index contributed by atoms with van der Waals surface area (Å²) >= 11 is 6.43. The fourth-order valence-electron chi connectivity index (χ4n) is 3.76. The molecular weight excluding hydrogens is 392 g/mol. The summed E-state index contributed by atoms with van der Waals surface area (Å²) < 4.78 is 2.37. The lowest BCUT2D eigenvalue weighted by Crippen LogP contribution is -2.52. The van der Waals surface area contributed by atoms with Crippen LogP contribution in [0, 0.1) is 0 Å². The van der Waals surface area contributed by atoms with E-state index in [0.717, 1.165) is 4.57 Å². The third kappa shape index (κ3) is 2.86. The number of aromatic nitrogens is 2. The smallest absolute Gasteiger partial charge is 0.330 e. The predicted octanol–water partition coefficient (Wildman–Crippen LogP) is 2.53. The summed E-state index contributed by atoms with van der Waals surface area (Å²) in [6.45, 7) is 0. The molecule has 0 bridgehead atoms. The fraction of sp³-hybridized carbons (Fsp3) is 0.190. The van der Waals surface area contributed by atoms with Gasteiger partial charge in [0.1, 0.15) is 6.17 Å². The van der Waals surface area contributed by atoms with E-state index in [2.05, 4.69) is 0 Å². The van der Waals surface area contributed by atoms with Gasteiger partial charge in [-0.15, -0.1) is 0 Å². The molecule has 3 aromatic rings. The van der Waals surface area contributed by atoms with Crippen LogP contribution in [-0.2, 0) is 14.1 Å². The van der Waals surface area contributed by atoms with Gasteiger partial charge in [0.05, 0.1) is 27.5 Å². The first kappa shape index (κ1) is 19.0. The largest absolute Gasteiger partial charge is 0.349 e. The van der Waals surface area contributed by atoms with E-state index in [9.17, 15) is 14.4 Å². The van der Waals surface area contributed by atoms with Crippen molar-refractivity contribution in [3.8, 4) is 0 Å². The van der Waals surface area contributed by atoms with Gasteiger partial charge in [0.15, 0.2) is 0 Å². The summed E-state index contributed by atoms with van der Waals surface area (Å²) in [5, 5.41) is 0.389. The minimum absolute atomic E-state index is 0.271. The molecule has 2 aromatic carbocycles. The molecule has 0 N–H and O–H groups in total. The minimum atomic E-state index is -0.775. The van der Waals surface area contributed by atoms with Gasteiger partial charge in [-0.1, -0.05) is 35.9 Å². The van der Waals surface area contributed by atoms with Crippen LogP contribution >= 0.6 is 11.6 Å². The van der Waals surface area contributed by atoms with Gasteiger partial charge in [-0.25, -0.2) is 4.79 Å². The molecule has 0 radical (unpaired) electrons. The lowest BCUT2D eigenvalue weighted by molar-refractivity contribution is 0.0969. The molecule has 1 atom stereocenters. The van der Waals surface area contributed by atoms with Gasteiger partial charge in [0, 0.05) is 27.3 Å². The van der Waals surface area contributed by atoms with E-state index < -0.39 is 17.4 Å². The molecule has 7 nitrogen and oxygen atoms in total. The predicted molar refractivity (Wildman–Crippen MR) is 113 cm³/mol. The van der Waals surface area contributed by atoms with E-state index in [0.29, 0.717) is 27.5 Å². The third-order valence-corrected chi connectivity index (χ3v) is 5.53. The van der Waals surface area contributed by atoms with Crippen LogP contribution in [0.1, 0.15) is 22.1 Å². The average molecular weight is 411 g/mol. The van der Waals surface area contributed by atoms with Gasteiger partial charge in [-0.05, 0) is 24.3 Å². The monoisotopic (exact) mass is 410 g/mol. The Hall–Kier alpha value is -3.32. The van der Waals surface area contributed by atoms with Gasteiger partial charge >= 0.3 is 5.69 Å². The van der Waals surface area contributed by atoms with Gasteiger partial charge in [0.2, 0.25) is 0 Å². The zero-order valence-electron chi connectivity index (χ0n) is 16.2. The van der Waals surface area contributed by atoms with E-state index in [-0.39, 0.29) is 5.91 Å². The minimum Gasteiger partial charge on any atom is -0.349 e. The molecule has 0 aliphatic carbocycles. The lowest BCUT2D eigenvalue weighted by atomic mass is 10.0. The SMILES string of the molecule is CN1c2ccccc2C(=O)N(c2ccccc2Cl)C1c1cn(C)c(=O)n(C)c1=O. The lowest BCUT2D eigenvalue weighted by Gasteiger charge is -2.43. The Balaban J connectivity index is 2.05. The molecule has 0 saturated heterocycles. The Labute approximate surface area is 172 Å². The highest BCUT2D eigenvalue weighted by Crippen LogP contribution is 2.41. The highest BCUT2D eigenvalue weighted by atomic mass is 35.5. The van der Waals surface area contributed by atoms with Crippen molar-refractivity contribution in [3.63, 3.8) is 0 Å². The molecule has 29 heavy (non-hydrogen) atoms. The van der Waals surface area contributed by atoms with Crippen molar-refractivity contribution >= 4 is 28.9 Å². The number of para-hydroxylation sites is 2. The summed E-state index contributed by atoms with van der Waals surface area (Å²) in [6, 6.07) is 14.2. The van der Waals surface area contributed by atoms with Crippen LogP contribution in [0.25, 0.3) is 0 Å². The average Bonchev–Trinajstić information content (AvgIpc) is 2.72. The first-order chi connectivity index (χ1) is 13.8. The number of benzene rings is 2. The van der Waals surface area contributed by atoms with Crippen LogP contribution < -0.4 is 21.0 Å². The molecule has 0 saturated carbocycles. The number of nitrogens with zero attached hydrogens (tertiary/aromatic N) is 4. The molecule has 0 fully saturated rings. The van der Waals surface area contributed by atoms with Gasteiger partial charge < -0.3 is 9.47 Å². The molecule has 1 aromatic heterocycles. The maximum Gasteiger partial charge on any atom is 0.330 e. The third-order valence-electron chi connectivity index (χ3n) is 5.21. The number of rotatable bonds is 2. The van der Waals surface area contributed by atoms with Crippen molar-refractivity contribution in [2.24, 2.45) is 14.1 Å². The van der Waals surface area contributed by atoms with E-state index in [4.69, 9.17) is 11.6 Å². The zero-order valence-corrected chi connectivity index (χ0v) is 16.9. The summed E-state index contributed by atoms with van der Waals surface area (Å²) in [4.78, 5) is 42.1. The molecular formula is C21H19ClN4O3. The summed E-state index contributed by atoms with van der Waals surface area (Å²) in [6.07, 6.45) is 0.708. The van der Waals surface area contributed by atoms with Gasteiger partial charge in [-0.2, -0.15) is 0 Å². The van der Waals surface area contributed by atoms with E-state index >= 15 is 0 Å². The summed E-state index contributed by atoms with van der Waals surface area (Å²) in [5.74, 6) is -0.271. The van der Waals surface area contributed by atoms with Gasteiger partial charge in [0.25, 0.3) is 11.5 Å². The quantitative estimate of drug-likeness (QED) is 0.651. The van der Waals surface area contributed by atoms with Crippen molar-refractivity contribution < 1.29 is 4.79 Å². The van der Waals surface area contributed by atoms with Crippen LogP contribution in [0.15, 0.2) is 64.3 Å². The molecule has 0 spiro atoms. The number of carbonyl (C=O) groups excluding carboxylic acids is 1. The van der Waals surface area contributed by atoms with Crippen LogP contribution in [0.4, 0.5) is 11.4 Å². The number of amides is 1. The molecule has 148 valence electrons. The molecule has 4 rings (SSSR count). The van der Waals surface area contributed by atoms with E-state index in [1.54, 1.807) is 43.4 Å². The van der Waals surface area contributed by atoms with Crippen LogP contribution in [0.2, 0.25) is 5.02 Å². The van der Waals surface area contributed by atoms with E-state index in [1.807, 2.05) is 24.1 Å². The second-order valence-electron chi connectivity index (χ2n) is 6.97. The normalized spacial score (nSPS) is 16.1. The Morgan fingerprint density at radius 2 is 1.48 bits per heavy atom. The highest BCUT2D eigenvalue weighted by molar-refractivity contribution is 6.34. The maximum absolute atomic E-state index is 13.5. The second-order valence-corrected chi connectivity index (χ2v) is 7.38. The number of aryl methyl sites for hydroxylation is 1. The number of anilines is 2. The zero-order chi connectivity index (χ0) is 20.9. The first-order valence-corrected chi connectivity index (χ1v) is 9.37. The molecule has 8 heteroatoms. The Morgan fingerprint density at radius 1 is 0.862 bits per heavy atom. The Bertz CT molecular complexity index is 1250. The topological polar surface area (TPSA) is 67.6 Å². The van der Waals surface area contributed by atoms with Crippen molar-refractivity contribution in [3.05, 3.63) is 91.7 Å². The van der Waals surface area contributed by atoms with Crippen LogP contribution in [-0.4, -0.2) is 22.1 Å². The standard InChI is InChI=1S/C21H19ClN4O3/c1-23-12-14(19(27)25(3)21(23)29)18-24(2)16-10-6-4-8-13(16)20(28)26(18)17-11-7-5-9-15(17)22/h4-12,18H,1-3H3. The number of hydrogen-bond acceptors (Lipinski definition) is 4. The molecule has 1 aliphatic rings. The summed E-state index contributed by atoms with van der Waals surface area (Å²) in [7, 11) is 4.81. The number of hydrogen-bond donors (Lipinski definition) is 0. The van der Waals surface area contributed by atoms with Crippen LogP contribution in [0.5, 0.6) is 0 Å². The second kappa shape index (κ2) is 6.93. The Kier molecular flexibility index (Phi) is 4.55. The molecule has 1 amide bonds. The first-order valence-electron chi connectivity index (χ1n) is 8.99. The van der Waals surface area contributed by atoms with Crippen molar-refractivity contribution in [2.75, 3.05) is 16.8 Å². The van der Waals surface area contributed by atoms with Gasteiger partial charge in [-0.3, -0.25) is 19.1 Å². The fourth-order valence-corrected chi connectivity index (χ4v) is 3.98. The number of carbonyl (C=O) groups is 1. The van der Waals surface area contributed by atoms with Crippen molar-refractivity contribution in [1.29, 1.82) is 0 Å².